The Morgan fingerprint density at radius 2 is 1.82 bits per heavy atom. The number of amides is 2. The molecular formula is C21H20ClN3O2S. The second-order valence-electron chi connectivity index (χ2n) is 6.02. The quantitative estimate of drug-likeness (QED) is 0.604. The summed E-state index contributed by atoms with van der Waals surface area (Å²) < 4.78 is 0. The summed E-state index contributed by atoms with van der Waals surface area (Å²) in [6.45, 7) is 5.06. The van der Waals surface area contributed by atoms with Crippen LogP contribution in [0.5, 0.6) is 0 Å². The SMILES string of the molecule is CCN(CC)C(=O)c1ccc(NC(=O)c2cnc(-c3ccccc3)s2)cc1Cl. The van der Waals surface area contributed by atoms with Gasteiger partial charge in [-0.15, -0.1) is 11.3 Å². The lowest BCUT2D eigenvalue weighted by Crippen LogP contribution is -2.30. The van der Waals surface area contributed by atoms with Crippen molar-refractivity contribution >= 4 is 40.4 Å². The van der Waals surface area contributed by atoms with Crippen molar-refractivity contribution in [2.24, 2.45) is 0 Å². The van der Waals surface area contributed by atoms with Crippen molar-refractivity contribution in [2.75, 3.05) is 18.4 Å². The predicted molar refractivity (Wildman–Crippen MR) is 114 cm³/mol. The summed E-state index contributed by atoms with van der Waals surface area (Å²) >= 11 is 7.61. The highest BCUT2D eigenvalue weighted by molar-refractivity contribution is 7.17. The van der Waals surface area contributed by atoms with Crippen molar-refractivity contribution in [2.45, 2.75) is 13.8 Å². The van der Waals surface area contributed by atoms with E-state index in [1.165, 1.54) is 11.3 Å². The van der Waals surface area contributed by atoms with Crippen molar-refractivity contribution in [3.63, 3.8) is 0 Å². The van der Waals surface area contributed by atoms with Gasteiger partial charge in [0.2, 0.25) is 0 Å². The molecule has 1 heterocycles. The van der Waals surface area contributed by atoms with Gasteiger partial charge in [0.25, 0.3) is 11.8 Å². The normalized spacial score (nSPS) is 10.5. The molecule has 144 valence electrons. The first-order valence-electron chi connectivity index (χ1n) is 8.94. The second-order valence-corrected chi connectivity index (χ2v) is 7.46. The summed E-state index contributed by atoms with van der Waals surface area (Å²) in [6.07, 6.45) is 1.56. The van der Waals surface area contributed by atoms with Crippen LogP contribution in [0, 0.1) is 0 Å². The Morgan fingerprint density at radius 3 is 2.46 bits per heavy atom. The molecule has 0 aliphatic heterocycles. The fraction of sp³-hybridized carbons (Fsp3) is 0.190. The maximum Gasteiger partial charge on any atom is 0.267 e. The molecule has 0 aliphatic carbocycles. The maximum absolute atomic E-state index is 12.5. The summed E-state index contributed by atoms with van der Waals surface area (Å²) in [7, 11) is 0. The fourth-order valence-corrected chi connectivity index (χ4v) is 3.81. The fourth-order valence-electron chi connectivity index (χ4n) is 2.73. The molecule has 7 heteroatoms. The summed E-state index contributed by atoms with van der Waals surface area (Å²) in [4.78, 5) is 31.5. The molecule has 5 nitrogen and oxygen atoms in total. The van der Waals surface area contributed by atoms with Crippen LogP contribution in [-0.2, 0) is 0 Å². The van der Waals surface area contributed by atoms with Crippen LogP contribution in [0.3, 0.4) is 0 Å². The minimum absolute atomic E-state index is 0.122. The van der Waals surface area contributed by atoms with E-state index >= 15 is 0 Å². The number of anilines is 1. The van der Waals surface area contributed by atoms with Gasteiger partial charge in [0, 0.05) is 24.3 Å². The number of thiazole rings is 1. The number of carbonyl (C=O) groups excluding carboxylic acids is 2. The predicted octanol–water partition coefficient (Wildman–Crippen LogP) is 5.20. The third kappa shape index (κ3) is 4.40. The molecule has 0 saturated carbocycles. The Bertz CT molecular complexity index is 984. The van der Waals surface area contributed by atoms with Gasteiger partial charge in [0.15, 0.2) is 0 Å². The first kappa shape index (κ1) is 20.0. The molecule has 3 aromatic rings. The molecule has 0 spiro atoms. The van der Waals surface area contributed by atoms with Gasteiger partial charge in [-0.25, -0.2) is 4.98 Å². The van der Waals surface area contributed by atoms with Crippen molar-refractivity contribution in [3.8, 4) is 10.6 Å². The van der Waals surface area contributed by atoms with Crippen LogP contribution >= 0.6 is 22.9 Å². The van der Waals surface area contributed by atoms with Gasteiger partial charge in [-0.2, -0.15) is 0 Å². The molecule has 1 N–H and O–H groups in total. The zero-order valence-corrected chi connectivity index (χ0v) is 17.2. The van der Waals surface area contributed by atoms with Crippen LogP contribution in [-0.4, -0.2) is 34.8 Å². The molecule has 28 heavy (non-hydrogen) atoms. The molecule has 0 radical (unpaired) electrons. The Kier molecular flexibility index (Phi) is 6.44. The second kappa shape index (κ2) is 8.99. The van der Waals surface area contributed by atoms with E-state index in [2.05, 4.69) is 10.3 Å². The molecule has 0 bridgehead atoms. The van der Waals surface area contributed by atoms with E-state index in [1.807, 2.05) is 44.2 Å². The maximum atomic E-state index is 12.5. The molecule has 1 aromatic heterocycles. The van der Waals surface area contributed by atoms with E-state index in [0.717, 1.165) is 10.6 Å². The van der Waals surface area contributed by atoms with E-state index < -0.39 is 0 Å². The van der Waals surface area contributed by atoms with Crippen molar-refractivity contribution in [1.82, 2.24) is 9.88 Å². The standard InChI is InChI=1S/C21H20ClN3O2S/c1-3-25(4-2)21(27)16-11-10-15(12-17(16)22)24-19(26)18-13-23-20(28-18)14-8-6-5-7-9-14/h5-13H,3-4H2,1-2H3,(H,24,26). The topological polar surface area (TPSA) is 62.3 Å². The number of nitrogens with zero attached hydrogens (tertiary/aromatic N) is 2. The Hall–Kier alpha value is -2.70. The van der Waals surface area contributed by atoms with Crippen molar-refractivity contribution in [3.05, 3.63) is 70.2 Å². The van der Waals surface area contributed by atoms with Crippen LogP contribution in [0.25, 0.3) is 10.6 Å². The van der Waals surface area contributed by atoms with E-state index in [-0.39, 0.29) is 11.8 Å². The van der Waals surface area contributed by atoms with Gasteiger partial charge >= 0.3 is 0 Å². The average molecular weight is 414 g/mol. The highest BCUT2D eigenvalue weighted by Gasteiger charge is 2.17. The number of halogens is 1. The molecule has 0 aliphatic rings. The molecular weight excluding hydrogens is 394 g/mol. The van der Waals surface area contributed by atoms with Crippen LogP contribution in [0.1, 0.15) is 33.9 Å². The summed E-state index contributed by atoms with van der Waals surface area (Å²) in [5, 5.41) is 3.90. The Morgan fingerprint density at radius 1 is 1.11 bits per heavy atom. The molecule has 0 unspecified atom stereocenters. The number of benzene rings is 2. The van der Waals surface area contributed by atoms with E-state index in [1.54, 1.807) is 29.3 Å². The summed E-state index contributed by atoms with van der Waals surface area (Å²) in [6, 6.07) is 14.6. The average Bonchev–Trinajstić information content (AvgIpc) is 3.20. The summed E-state index contributed by atoms with van der Waals surface area (Å²) in [5.41, 5.74) is 1.92. The lowest BCUT2D eigenvalue weighted by atomic mass is 10.1. The highest BCUT2D eigenvalue weighted by atomic mass is 35.5. The molecule has 2 aromatic carbocycles. The third-order valence-electron chi connectivity index (χ3n) is 4.26. The molecule has 0 saturated heterocycles. The van der Waals surface area contributed by atoms with Gasteiger partial charge in [0.05, 0.1) is 16.8 Å². The Labute approximate surface area is 173 Å². The zero-order valence-electron chi connectivity index (χ0n) is 15.6. The number of carbonyl (C=O) groups is 2. The van der Waals surface area contributed by atoms with Crippen molar-refractivity contribution < 1.29 is 9.59 Å². The minimum Gasteiger partial charge on any atom is -0.339 e. The molecule has 2 amide bonds. The van der Waals surface area contributed by atoms with Crippen LogP contribution in [0.4, 0.5) is 5.69 Å². The number of hydrogen-bond acceptors (Lipinski definition) is 4. The molecule has 3 rings (SSSR count). The smallest absolute Gasteiger partial charge is 0.267 e. The van der Waals surface area contributed by atoms with Gasteiger partial charge < -0.3 is 10.2 Å². The van der Waals surface area contributed by atoms with Gasteiger partial charge in [-0.1, -0.05) is 41.9 Å². The zero-order chi connectivity index (χ0) is 20.1. The molecule has 0 atom stereocenters. The number of aromatic nitrogens is 1. The third-order valence-corrected chi connectivity index (χ3v) is 5.62. The monoisotopic (exact) mass is 413 g/mol. The minimum atomic E-state index is -0.265. The van der Waals surface area contributed by atoms with Gasteiger partial charge in [-0.3, -0.25) is 9.59 Å². The van der Waals surface area contributed by atoms with Crippen LogP contribution in [0.2, 0.25) is 5.02 Å². The number of hydrogen-bond donors (Lipinski definition) is 1. The first-order chi connectivity index (χ1) is 13.5. The molecule has 0 fully saturated rings. The van der Waals surface area contributed by atoms with Crippen molar-refractivity contribution in [1.29, 1.82) is 0 Å². The largest absolute Gasteiger partial charge is 0.339 e. The van der Waals surface area contributed by atoms with Gasteiger partial charge in [-0.05, 0) is 32.0 Å². The van der Waals surface area contributed by atoms with E-state index in [0.29, 0.717) is 34.2 Å². The van der Waals surface area contributed by atoms with Crippen LogP contribution < -0.4 is 5.32 Å². The summed E-state index contributed by atoms with van der Waals surface area (Å²) in [5.74, 6) is -0.388. The Balaban J connectivity index is 1.74. The lowest BCUT2D eigenvalue weighted by molar-refractivity contribution is 0.0773. The number of rotatable bonds is 6. The number of nitrogens with one attached hydrogen (secondary N) is 1. The van der Waals surface area contributed by atoms with E-state index in [4.69, 9.17) is 11.6 Å². The highest BCUT2D eigenvalue weighted by Crippen LogP contribution is 2.27. The van der Waals surface area contributed by atoms with Gasteiger partial charge in [0.1, 0.15) is 9.88 Å². The van der Waals surface area contributed by atoms with Crippen LogP contribution in [0.15, 0.2) is 54.7 Å². The first-order valence-corrected chi connectivity index (χ1v) is 10.1. The lowest BCUT2D eigenvalue weighted by Gasteiger charge is -2.19. The van der Waals surface area contributed by atoms with E-state index in [9.17, 15) is 9.59 Å².